The van der Waals surface area contributed by atoms with Crippen LogP contribution in [0.15, 0.2) is 10.5 Å². The number of guanidine groups is 1. The van der Waals surface area contributed by atoms with Crippen LogP contribution in [-0.2, 0) is 6.54 Å². The second kappa shape index (κ2) is 10.6. The number of aryl methyl sites for hydroxylation is 1. The number of hydrogen-bond acceptors (Lipinski definition) is 4. The van der Waals surface area contributed by atoms with Crippen molar-refractivity contribution in [2.45, 2.75) is 59.0 Å². The second-order valence-electron chi connectivity index (χ2n) is 6.77. The third-order valence-electron chi connectivity index (χ3n) is 4.47. The minimum Gasteiger partial charge on any atom is -0.357 e. The molecule has 1 saturated heterocycles. The Bertz CT molecular complexity index is 509. The van der Waals surface area contributed by atoms with Gasteiger partial charge in [-0.15, -0.1) is 35.3 Å². The fourth-order valence-corrected chi connectivity index (χ4v) is 3.58. The Morgan fingerprint density at radius 1 is 1.29 bits per heavy atom. The molecule has 138 valence electrons. The molecule has 1 aliphatic heterocycles. The SMILES string of the molecule is CCNC(=NCc1scnc1C)NCC(C)(C)N1CCCCC1.I. The summed E-state index contributed by atoms with van der Waals surface area (Å²) in [4.78, 5) is 12.8. The first-order valence-corrected chi connectivity index (χ1v) is 9.57. The minimum atomic E-state index is 0. The van der Waals surface area contributed by atoms with Crippen molar-refractivity contribution < 1.29 is 0 Å². The number of aromatic nitrogens is 1. The Morgan fingerprint density at radius 3 is 2.58 bits per heavy atom. The average molecular weight is 465 g/mol. The first-order valence-electron chi connectivity index (χ1n) is 8.69. The van der Waals surface area contributed by atoms with Crippen molar-refractivity contribution in [1.29, 1.82) is 0 Å². The average Bonchev–Trinajstić information content (AvgIpc) is 2.96. The molecule has 0 saturated carbocycles. The lowest BCUT2D eigenvalue weighted by molar-refractivity contribution is 0.0982. The molecule has 0 unspecified atom stereocenters. The topological polar surface area (TPSA) is 52.6 Å². The van der Waals surface area contributed by atoms with Crippen molar-refractivity contribution in [3.63, 3.8) is 0 Å². The standard InChI is InChI=1S/C17H31N5S.HI/c1-5-18-16(19-11-15-14(2)21-13-23-15)20-12-17(3,4)22-9-7-6-8-10-22;/h13H,5-12H2,1-4H3,(H2,18,19,20);1H. The molecule has 24 heavy (non-hydrogen) atoms. The van der Waals surface area contributed by atoms with Gasteiger partial charge in [-0.25, -0.2) is 9.98 Å². The lowest BCUT2D eigenvalue weighted by atomic mass is 9.98. The first-order chi connectivity index (χ1) is 11.0. The number of nitrogens with zero attached hydrogens (tertiary/aromatic N) is 3. The summed E-state index contributed by atoms with van der Waals surface area (Å²) in [6.45, 7) is 13.7. The summed E-state index contributed by atoms with van der Waals surface area (Å²) in [5, 5.41) is 6.87. The van der Waals surface area contributed by atoms with Crippen LogP contribution in [0.5, 0.6) is 0 Å². The Balaban J connectivity index is 0.00000288. The van der Waals surface area contributed by atoms with E-state index in [2.05, 4.69) is 41.3 Å². The fraction of sp³-hybridized carbons (Fsp3) is 0.765. The van der Waals surface area contributed by atoms with Gasteiger partial charge in [0.1, 0.15) is 0 Å². The third-order valence-corrected chi connectivity index (χ3v) is 5.39. The lowest BCUT2D eigenvalue weighted by Crippen LogP contribution is -2.54. The first kappa shape index (κ1) is 21.6. The van der Waals surface area contributed by atoms with Crippen molar-refractivity contribution in [1.82, 2.24) is 20.5 Å². The van der Waals surface area contributed by atoms with Gasteiger partial charge in [0.05, 0.1) is 17.7 Å². The molecule has 2 N–H and O–H groups in total. The van der Waals surface area contributed by atoms with Crippen molar-refractivity contribution in [3.8, 4) is 0 Å². The zero-order valence-electron chi connectivity index (χ0n) is 15.4. The van der Waals surface area contributed by atoms with Gasteiger partial charge in [0.2, 0.25) is 0 Å². The highest BCUT2D eigenvalue weighted by Crippen LogP contribution is 2.19. The molecule has 0 aliphatic carbocycles. The van der Waals surface area contributed by atoms with Gasteiger partial charge in [-0.05, 0) is 53.6 Å². The lowest BCUT2D eigenvalue weighted by Gasteiger charge is -2.41. The van der Waals surface area contributed by atoms with Gasteiger partial charge < -0.3 is 10.6 Å². The van der Waals surface area contributed by atoms with Crippen LogP contribution in [0.4, 0.5) is 0 Å². The number of nitrogens with one attached hydrogen (secondary N) is 2. The summed E-state index contributed by atoms with van der Waals surface area (Å²) < 4.78 is 0. The van der Waals surface area contributed by atoms with Crippen LogP contribution in [0.2, 0.25) is 0 Å². The maximum atomic E-state index is 4.71. The number of piperidine rings is 1. The largest absolute Gasteiger partial charge is 0.357 e. The third kappa shape index (κ3) is 6.48. The highest BCUT2D eigenvalue weighted by Gasteiger charge is 2.27. The molecule has 7 heteroatoms. The number of rotatable bonds is 6. The molecule has 0 atom stereocenters. The smallest absolute Gasteiger partial charge is 0.191 e. The molecule has 0 spiro atoms. The van der Waals surface area contributed by atoms with E-state index in [0.717, 1.165) is 24.7 Å². The van der Waals surface area contributed by atoms with Gasteiger partial charge in [-0.1, -0.05) is 6.42 Å². The predicted octanol–water partition coefficient (Wildman–Crippen LogP) is 3.39. The number of hydrogen-bond donors (Lipinski definition) is 2. The fourth-order valence-electron chi connectivity index (χ4n) is 2.88. The Kier molecular flexibility index (Phi) is 9.51. The van der Waals surface area contributed by atoms with Crippen molar-refractivity contribution in [2.24, 2.45) is 4.99 Å². The maximum Gasteiger partial charge on any atom is 0.191 e. The van der Waals surface area contributed by atoms with E-state index >= 15 is 0 Å². The summed E-state index contributed by atoms with van der Waals surface area (Å²) in [5.41, 5.74) is 3.13. The molecular formula is C17H32IN5S. The van der Waals surface area contributed by atoms with E-state index in [9.17, 15) is 0 Å². The number of aliphatic imine (C=N–C) groups is 1. The van der Waals surface area contributed by atoms with Crippen LogP contribution in [0.25, 0.3) is 0 Å². The van der Waals surface area contributed by atoms with E-state index in [4.69, 9.17) is 4.99 Å². The molecule has 0 radical (unpaired) electrons. The van der Waals surface area contributed by atoms with E-state index in [0.29, 0.717) is 6.54 Å². The van der Waals surface area contributed by atoms with E-state index in [1.807, 2.05) is 12.4 Å². The van der Waals surface area contributed by atoms with Gasteiger partial charge in [0.15, 0.2) is 5.96 Å². The van der Waals surface area contributed by atoms with Crippen LogP contribution >= 0.6 is 35.3 Å². The van der Waals surface area contributed by atoms with Gasteiger partial charge >= 0.3 is 0 Å². The molecule has 0 aromatic carbocycles. The van der Waals surface area contributed by atoms with Crippen molar-refractivity contribution in [2.75, 3.05) is 26.2 Å². The van der Waals surface area contributed by atoms with Crippen LogP contribution < -0.4 is 10.6 Å². The Hall–Kier alpha value is -0.410. The summed E-state index contributed by atoms with van der Waals surface area (Å²) in [6, 6.07) is 0. The Labute approximate surface area is 167 Å². The minimum absolute atomic E-state index is 0. The monoisotopic (exact) mass is 465 g/mol. The molecule has 1 aromatic rings. The number of thiazole rings is 1. The quantitative estimate of drug-likeness (QED) is 0.384. The predicted molar refractivity (Wildman–Crippen MR) is 115 cm³/mol. The number of likely N-dealkylation sites (tertiary alicyclic amines) is 1. The van der Waals surface area contributed by atoms with Gasteiger partial charge in [0, 0.05) is 23.5 Å². The van der Waals surface area contributed by atoms with Crippen molar-refractivity contribution >= 4 is 41.3 Å². The molecule has 1 aromatic heterocycles. The van der Waals surface area contributed by atoms with Gasteiger partial charge in [0.25, 0.3) is 0 Å². The van der Waals surface area contributed by atoms with Crippen LogP contribution in [-0.4, -0.2) is 47.6 Å². The normalized spacial score (nSPS) is 16.6. The van der Waals surface area contributed by atoms with Gasteiger partial charge in [-0.2, -0.15) is 0 Å². The highest BCUT2D eigenvalue weighted by atomic mass is 127. The maximum absolute atomic E-state index is 4.71. The second-order valence-corrected chi connectivity index (χ2v) is 7.71. The van der Waals surface area contributed by atoms with Crippen LogP contribution in [0, 0.1) is 6.92 Å². The zero-order chi connectivity index (χ0) is 16.7. The van der Waals surface area contributed by atoms with Crippen LogP contribution in [0.3, 0.4) is 0 Å². The molecular weight excluding hydrogens is 433 g/mol. The molecule has 5 nitrogen and oxygen atoms in total. The Morgan fingerprint density at radius 2 is 2.00 bits per heavy atom. The molecule has 0 amide bonds. The number of halogens is 1. The molecule has 1 aliphatic rings. The molecule has 2 rings (SSSR count). The van der Waals surface area contributed by atoms with E-state index in [-0.39, 0.29) is 29.5 Å². The van der Waals surface area contributed by atoms with Crippen molar-refractivity contribution in [3.05, 3.63) is 16.1 Å². The van der Waals surface area contributed by atoms with Gasteiger partial charge in [-0.3, -0.25) is 4.90 Å². The zero-order valence-corrected chi connectivity index (χ0v) is 18.5. The molecule has 0 bridgehead atoms. The molecule has 2 heterocycles. The van der Waals surface area contributed by atoms with Crippen LogP contribution in [0.1, 0.15) is 50.6 Å². The summed E-state index contributed by atoms with van der Waals surface area (Å²) in [7, 11) is 0. The van der Waals surface area contributed by atoms with E-state index < -0.39 is 0 Å². The highest BCUT2D eigenvalue weighted by molar-refractivity contribution is 14.0. The molecule has 1 fully saturated rings. The summed E-state index contributed by atoms with van der Waals surface area (Å²) >= 11 is 1.67. The van der Waals surface area contributed by atoms with E-state index in [1.54, 1.807) is 11.3 Å². The summed E-state index contributed by atoms with van der Waals surface area (Å²) in [6.07, 6.45) is 4.02. The summed E-state index contributed by atoms with van der Waals surface area (Å²) in [5.74, 6) is 0.894. The van der Waals surface area contributed by atoms with E-state index in [1.165, 1.54) is 37.2 Å².